The van der Waals surface area contributed by atoms with Crippen molar-refractivity contribution in [2.75, 3.05) is 0 Å². The van der Waals surface area contributed by atoms with Gasteiger partial charge in [0.15, 0.2) is 0 Å². The first-order valence-corrected chi connectivity index (χ1v) is 9.81. The van der Waals surface area contributed by atoms with Crippen LogP contribution >= 0.6 is 0 Å². The summed E-state index contributed by atoms with van der Waals surface area (Å²) in [5.41, 5.74) is 5.71. The molecule has 0 fully saturated rings. The van der Waals surface area contributed by atoms with Gasteiger partial charge in [-0.25, -0.2) is 0 Å². The molecule has 0 N–H and O–H groups in total. The van der Waals surface area contributed by atoms with Gasteiger partial charge in [0.05, 0.1) is 0 Å². The molecular weight excluding hydrogens is 545 g/mol. The molecule has 4 rings (SSSR count). The van der Waals surface area contributed by atoms with Gasteiger partial charge in [0, 0.05) is 32.5 Å². The third kappa shape index (κ3) is 7.66. The molecule has 2 aromatic heterocycles. The third-order valence-electron chi connectivity index (χ3n) is 4.19. The number of hydrogen-bond acceptors (Lipinski definition) is 2. The second-order valence-corrected chi connectivity index (χ2v) is 8.05. The number of benzene rings is 2. The van der Waals surface area contributed by atoms with Gasteiger partial charge in [0.2, 0.25) is 0 Å². The van der Waals surface area contributed by atoms with Crippen LogP contribution in [0.5, 0.6) is 0 Å². The normalized spacial score (nSPS) is 10.4. The van der Waals surface area contributed by atoms with Crippen LogP contribution < -0.4 is 0 Å². The number of hydrogen-bond donors (Lipinski definition) is 0. The summed E-state index contributed by atoms with van der Waals surface area (Å²) in [5.74, 6) is 0. The van der Waals surface area contributed by atoms with E-state index in [2.05, 4.69) is 55.0 Å². The Balaban J connectivity index is 0.000000218. The van der Waals surface area contributed by atoms with Gasteiger partial charge in [-0.15, -0.1) is 71.8 Å². The summed E-state index contributed by atoms with van der Waals surface area (Å²) in [6.07, 6.45) is 4.74. The van der Waals surface area contributed by atoms with E-state index in [0.29, 0.717) is 5.41 Å². The monoisotopic (exact) mass is 571 g/mol. The van der Waals surface area contributed by atoms with Crippen LogP contribution in [0, 0.1) is 17.5 Å². The van der Waals surface area contributed by atoms with E-state index in [1.807, 2.05) is 72.9 Å². The molecule has 0 aliphatic carbocycles. The molecule has 3 heteroatoms. The van der Waals surface area contributed by atoms with E-state index in [9.17, 15) is 0 Å². The minimum Gasteiger partial charge on any atom is -0.305 e. The molecule has 0 aliphatic heterocycles. The molecule has 2 aromatic carbocycles. The molecule has 155 valence electrons. The fourth-order valence-corrected chi connectivity index (χ4v) is 2.97. The summed E-state index contributed by atoms with van der Waals surface area (Å²) in [6.45, 7) is 6.76. The van der Waals surface area contributed by atoms with Gasteiger partial charge in [0.1, 0.15) is 0 Å². The largest absolute Gasteiger partial charge is 0.305 e. The van der Waals surface area contributed by atoms with Crippen molar-refractivity contribution in [3.05, 3.63) is 109 Å². The van der Waals surface area contributed by atoms with Crippen molar-refractivity contribution < 1.29 is 20.1 Å². The molecule has 2 heterocycles. The minimum atomic E-state index is 0. The predicted octanol–water partition coefficient (Wildman–Crippen LogP) is 6.68. The molecule has 2 nitrogen and oxygen atoms in total. The molecule has 0 spiro atoms. The zero-order valence-electron chi connectivity index (χ0n) is 17.6. The Morgan fingerprint density at radius 1 is 0.700 bits per heavy atom. The first-order chi connectivity index (χ1) is 14.0. The molecule has 4 aromatic rings. The van der Waals surface area contributed by atoms with E-state index in [1.54, 1.807) is 6.20 Å². The van der Waals surface area contributed by atoms with E-state index in [4.69, 9.17) is 0 Å². The average Bonchev–Trinajstić information content (AvgIpc) is 2.75. The third-order valence-corrected chi connectivity index (χ3v) is 4.19. The van der Waals surface area contributed by atoms with Crippen molar-refractivity contribution in [3.63, 3.8) is 0 Å². The number of nitrogens with zero attached hydrogens (tertiary/aromatic N) is 2. The van der Waals surface area contributed by atoms with E-state index in [1.165, 1.54) is 5.56 Å². The molecule has 0 amide bonds. The van der Waals surface area contributed by atoms with Crippen LogP contribution in [0.1, 0.15) is 26.3 Å². The molecular formula is C27H26IrN2-2. The van der Waals surface area contributed by atoms with E-state index >= 15 is 0 Å². The molecule has 30 heavy (non-hydrogen) atoms. The van der Waals surface area contributed by atoms with Gasteiger partial charge in [-0.2, -0.15) is 0 Å². The van der Waals surface area contributed by atoms with Crippen LogP contribution in [-0.2, 0) is 26.5 Å². The SMILES string of the molecule is CC(C)(C)Cc1ccnc(-c2[c-]cccc2)c1.[Ir].[c-]1ccccc1-c1ccccn1. The first-order valence-electron chi connectivity index (χ1n) is 9.81. The van der Waals surface area contributed by atoms with Crippen LogP contribution in [0.3, 0.4) is 0 Å². The summed E-state index contributed by atoms with van der Waals surface area (Å²) >= 11 is 0. The molecule has 0 atom stereocenters. The van der Waals surface area contributed by atoms with Crippen LogP contribution in [-0.4, -0.2) is 9.97 Å². The van der Waals surface area contributed by atoms with Gasteiger partial charge >= 0.3 is 0 Å². The van der Waals surface area contributed by atoms with E-state index in [-0.39, 0.29) is 20.1 Å². The van der Waals surface area contributed by atoms with Gasteiger partial charge < -0.3 is 9.97 Å². The molecule has 0 saturated carbocycles. The van der Waals surface area contributed by atoms with Crippen molar-refractivity contribution in [1.82, 2.24) is 9.97 Å². The summed E-state index contributed by atoms with van der Waals surface area (Å²) < 4.78 is 0. The van der Waals surface area contributed by atoms with Crippen molar-refractivity contribution in [1.29, 1.82) is 0 Å². The smallest absolute Gasteiger partial charge is 0.0163 e. The average molecular weight is 571 g/mol. The van der Waals surface area contributed by atoms with Crippen LogP contribution in [0.4, 0.5) is 0 Å². The zero-order valence-corrected chi connectivity index (χ0v) is 20.0. The second-order valence-electron chi connectivity index (χ2n) is 8.05. The van der Waals surface area contributed by atoms with Gasteiger partial charge in [-0.05, 0) is 35.4 Å². The number of pyridine rings is 2. The Bertz CT molecular complexity index is 957. The minimum absolute atomic E-state index is 0. The Kier molecular flexibility index (Phi) is 9.11. The van der Waals surface area contributed by atoms with Crippen LogP contribution in [0.2, 0.25) is 0 Å². The van der Waals surface area contributed by atoms with Crippen molar-refractivity contribution >= 4 is 0 Å². The summed E-state index contributed by atoms with van der Waals surface area (Å²) in [4.78, 5) is 8.63. The first kappa shape index (κ1) is 23.7. The summed E-state index contributed by atoms with van der Waals surface area (Å²) in [5, 5.41) is 0. The fraction of sp³-hybridized carbons (Fsp3) is 0.185. The maximum Gasteiger partial charge on any atom is 0.0163 e. The molecule has 0 saturated heterocycles. The quantitative estimate of drug-likeness (QED) is 0.257. The fourth-order valence-electron chi connectivity index (χ4n) is 2.97. The summed E-state index contributed by atoms with van der Waals surface area (Å²) in [7, 11) is 0. The topological polar surface area (TPSA) is 25.8 Å². The number of rotatable bonds is 3. The Labute approximate surface area is 193 Å². The van der Waals surface area contributed by atoms with Gasteiger partial charge in [0.25, 0.3) is 0 Å². The predicted molar refractivity (Wildman–Crippen MR) is 120 cm³/mol. The van der Waals surface area contributed by atoms with Crippen molar-refractivity contribution in [3.8, 4) is 22.5 Å². The standard InChI is InChI=1S/C16H18N.C11H8N.Ir/c1-16(2,3)12-13-9-10-17-15(11-13)14-7-5-4-6-8-14;1-2-6-10(7-3-1)11-8-4-5-9-12-11;/h4-7,9-11H,12H2,1-3H3;1-6,8-9H;/q2*-1;. The van der Waals surface area contributed by atoms with Crippen LogP contribution in [0.25, 0.3) is 22.5 Å². The second kappa shape index (κ2) is 11.5. The van der Waals surface area contributed by atoms with Crippen LogP contribution in [0.15, 0.2) is 91.3 Å². The Morgan fingerprint density at radius 2 is 1.30 bits per heavy atom. The molecule has 0 bridgehead atoms. The number of aromatic nitrogens is 2. The summed E-state index contributed by atoms with van der Waals surface area (Å²) in [6, 6.07) is 32.2. The molecule has 0 unspecified atom stereocenters. The Morgan fingerprint density at radius 3 is 1.83 bits per heavy atom. The molecule has 1 radical (unpaired) electrons. The van der Waals surface area contributed by atoms with Crippen molar-refractivity contribution in [2.45, 2.75) is 27.2 Å². The van der Waals surface area contributed by atoms with Gasteiger partial charge in [-0.1, -0.05) is 44.5 Å². The maximum absolute atomic E-state index is 4.41. The molecule has 0 aliphatic rings. The van der Waals surface area contributed by atoms with Crippen molar-refractivity contribution in [2.24, 2.45) is 5.41 Å². The van der Waals surface area contributed by atoms with Gasteiger partial charge in [-0.3, -0.25) is 0 Å². The maximum atomic E-state index is 4.41. The Hall–Kier alpha value is -2.61. The van der Waals surface area contributed by atoms with E-state index < -0.39 is 0 Å². The van der Waals surface area contributed by atoms with E-state index in [0.717, 1.165) is 28.9 Å². The zero-order chi connectivity index (χ0) is 20.5.